The molecule has 1 amide bonds. The highest BCUT2D eigenvalue weighted by atomic mass is 16.6. The third-order valence-electron chi connectivity index (χ3n) is 3.20. The molecule has 1 aromatic rings. The van der Waals surface area contributed by atoms with Gasteiger partial charge in [0.15, 0.2) is 0 Å². The number of carboxylic acids is 2. The van der Waals surface area contributed by atoms with Crippen molar-refractivity contribution in [1.29, 1.82) is 0 Å². The van der Waals surface area contributed by atoms with Gasteiger partial charge < -0.3 is 19.7 Å². The number of esters is 1. The Kier molecular flexibility index (Phi) is 7.77. The van der Waals surface area contributed by atoms with Crippen molar-refractivity contribution in [2.24, 2.45) is 0 Å². The fourth-order valence-corrected chi connectivity index (χ4v) is 2.04. The highest BCUT2D eigenvalue weighted by molar-refractivity contribution is 5.87. The number of hydrogen-bond acceptors (Lipinski definition) is 6. The number of ether oxygens (including phenoxy) is 2. The maximum atomic E-state index is 12.3. The maximum Gasteiger partial charge on any atom is 0.411 e. The molecule has 0 aliphatic heterocycles. The fraction of sp³-hybridized carbons (Fsp3) is 0.444. The first kappa shape index (κ1) is 21.9. The molecule has 9 nitrogen and oxygen atoms in total. The van der Waals surface area contributed by atoms with E-state index in [0.29, 0.717) is 10.5 Å². The van der Waals surface area contributed by atoms with E-state index in [1.807, 2.05) is 0 Å². The zero-order valence-corrected chi connectivity index (χ0v) is 15.4. The Morgan fingerprint density at radius 3 is 2.15 bits per heavy atom. The number of rotatable bonds is 8. The van der Waals surface area contributed by atoms with E-state index < -0.39 is 48.6 Å². The monoisotopic (exact) mass is 381 g/mol. The second-order valence-corrected chi connectivity index (χ2v) is 6.71. The molecule has 0 saturated carbocycles. The third kappa shape index (κ3) is 8.21. The molecule has 0 aliphatic rings. The molecule has 27 heavy (non-hydrogen) atoms. The second kappa shape index (κ2) is 9.56. The molecule has 0 saturated heterocycles. The van der Waals surface area contributed by atoms with Crippen LogP contribution in [0.15, 0.2) is 30.3 Å². The Bertz CT molecular complexity index is 680. The minimum absolute atomic E-state index is 0.0709. The van der Waals surface area contributed by atoms with E-state index in [9.17, 15) is 24.3 Å². The number of amides is 1. The zero-order valence-electron chi connectivity index (χ0n) is 15.4. The predicted octanol–water partition coefficient (Wildman–Crippen LogP) is 1.89. The molecule has 0 aliphatic carbocycles. The van der Waals surface area contributed by atoms with E-state index >= 15 is 0 Å². The molecule has 0 unspecified atom stereocenters. The van der Waals surface area contributed by atoms with E-state index in [4.69, 9.17) is 14.6 Å². The lowest BCUT2D eigenvalue weighted by Gasteiger charge is -2.30. The zero-order chi connectivity index (χ0) is 20.6. The first-order valence-corrected chi connectivity index (χ1v) is 8.13. The molecule has 1 rings (SSSR count). The number of carbonyl (C=O) groups excluding carboxylic acids is 2. The highest BCUT2D eigenvalue weighted by Gasteiger charge is 2.36. The molecule has 0 fully saturated rings. The Labute approximate surface area is 156 Å². The Morgan fingerprint density at radius 2 is 1.67 bits per heavy atom. The van der Waals surface area contributed by atoms with Gasteiger partial charge in [0.25, 0.3) is 0 Å². The predicted molar refractivity (Wildman–Crippen MR) is 92.9 cm³/mol. The quantitative estimate of drug-likeness (QED) is 0.653. The molecule has 1 atom stereocenters. The summed E-state index contributed by atoms with van der Waals surface area (Å²) in [6.45, 7) is 3.85. The average molecular weight is 381 g/mol. The van der Waals surface area contributed by atoms with Gasteiger partial charge in [0.05, 0.1) is 6.42 Å². The van der Waals surface area contributed by atoms with Crippen molar-refractivity contribution in [2.45, 2.75) is 45.4 Å². The van der Waals surface area contributed by atoms with Crippen molar-refractivity contribution < 1.29 is 38.9 Å². The largest absolute Gasteiger partial charge is 0.481 e. The smallest absolute Gasteiger partial charge is 0.411 e. The molecular weight excluding hydrogens is 358 g/mol. The Balaban J connectivity index is 2.91. The van der Waals surface area contributed by atoms with E-state index in [1.54, 1.807) is 51.1 Å². The standard InChI is InChI=1S/C18H23NO8/c1-18(2,3)27-17(25)19(13(16(23)24)9-14(20)21)10-15(22)26-11-12-7-5-4-6-8-12/h4-8,13H,9-11H2,1-3H3,(H,20,21)(H,23,24)/t13-/m0/s1. The minimum atomic E-state index is -1.78. The topological polar surface area (TPSA) is 130 Å². The fourth-order valence-electron chi connectivity index (χ4n) is 2.04. The van der Waals surface area contributed by atoms with E-state index in [2.05, 4.69) is 0 Å². The highest BCUT2D eigenvalue weighted by Crippen LogP contribution is 2.15. The van der Waals surface area contributed by atoms with Crippen LogP contribution in [-0.4, -0.2) is 57.3 Å². The number of aliphatic carboxylic acids is 2. The minimum Gasteiger partial charge on any atom is -0.481 e. The third-order valence-corrected chi connectivity index (χ3v) is 3.20. The number of nitrogens with zero attached hydrogens (tertiary/aromatic N) is 1. The normalized spacial score (nSPS) is 12.0. The molecule has 1 aromatic carbocycles. The molecule has 9 heteroatoms. The summed E-state index contributed by atoms with van der Waals surface area (Å²) in [5.41, 5.74) is -0.259. The average Bonchev–Trinajstić information content (AvgIpc) is 2.55. The van der Waals surface area contributed by atoms with Gasteiger partial charge in [0.2, 0.25) is 0 Å². The summed E-state index contributed by atoms with van der Waals surface area (Å²) in [6.07, 6.45) is -2.01. The molecule has 2 N–H and O–H groups in total. The number of hydrogen-bond donors (Lipinski definition) is 2. The summed E-state index contributed by atoms with van der Waals surface area (Å²) in [7, 11) is 0. The first-order valence-electron chi connectivity index (χ1n) is 8.13. The lowest BCUT2D eigenvalue weighted by atomic mass is 10.1. The number of carbonyl (C=O) groups is 4. The van der Waals surface area contributed by atoms with Gasteiger partial charge >= 0.3 is 24.0 Å². The number of benzene rings is 1. The van der Waals surface area contributed by atoms with Gasteiger partial charge in [-0.2, -0.15) is 0 Å². The van der Waals surface area contributed by atoms with Crippen LogP contribution in [-0.2, 0) is 30.5 Å². The van der Waals surface area contributed by atoms with Crippen LogP contribution in [0.3, 0.4) is 0 Å². The van der Waals surface area contributed by atoms with E-state index in [1.165, 1.54) is 0 Å². The molecule has 0 heterocycles. The summed E-state index contributed by atoms with van der Waals surface area (Å²) in [6, 6.07) is 6.97. The van der Waals surface area contributed by atoms with Crippen molar-refractivity contribution in [1.82, 2.24) is 4.90 Å². The Hall–Kier alpha value is -3.10. The second-order valence-electron chi connectivity index (χ2n) is 6.71. The van der Waals surface area contributed by atoms with Crippen LogP contribution in [0.4, 0.5) is 4.79 Å². The van der Waals surface area contributed by atoms with Crippen molar-refractivity contribution in [3.8, 4) is 0 Å². The molecule has 0 radical (unpaired) electrons. The van der Waals surface area contributed by atoms with Crippen molar-refractivity contribution >= 4 is 24.0 Å². The van der Waals surface area contributed by atoms with Gasteiger partial charge in [-0.25, -0.2) is 9.59 Å². The van der Waals surface area contributed by atoms with Crippen LogP contribution in [0.5, 0.6) is 0 Å². The number of carboxylic acid groups (broad SMARTS) is 2. The van der Waals surface area contributed by atoms with Crippen LogP contribution in [0, 0.1) is 0 Å². The SMILES string of the molecule is CC(C)(C)OC(=O)N(CC(=O)OCc1ccccc1)[C@@H](CC(=O)O)C(=O)O. The summed E-state index contributed by atoms with van der Waals surface area (Å²) < 4.78 is 10.1. The lowest BCUT2D eigenvalue weighted by Crippen LogP contribution is -2.50. The van der Waals surface area contributed by atoms with Crippen LogP contribution in [0.2, 0.25) is 0 Å². The van der Waals surface area contributed by atoms with Crippen LogP contribution in [0.25, 0.3) is 0 Å². The molecular formula is C18H23NO8. The van der Waals surface area contributed by atoms with Gasteiger partial charge in [-0.1, -0.05) is 30.3 Å². The Morgan fingerprint density at radius 1 is 1.07 bits per heavy atom. The molecule has 148 valence electrons. The summed E-state index contributed by atoms with van der Waals surface area (Å²) in [4.78, 5) is 47.4. The van der Waals surface area contributed by atoms with Gasteiger partial charge in [-0.05, 0) is 26.3 Å². The first-order chi connectivity index (χ1) is 12.5. The molecule has 0 aromatic heterocycles. The lowest BCUT2D eigenvalue weighted by molar-refractivity contribution is -0.153. The van der Waals surface area contributed by atoms with Crippen molar-refractivity contribution in [2.75, 3.05) is 6.54 Å². The van der Waals surface area contributed by atoms with E-state index in [0.717, 1.165) is 0 Å². The van der Waals surface area contributed by atoms with Crippen molar-refractivity contribution in [3.63, 3.8) is 0 Å². The summed E-state index contributed by atoms with van der Waals surface area (Å²) in [5, 5.41) is 18.2. The summed E-state index contributed by atoms with van der Waals surface area (Å²) >= 11 is 0. The van der Waals surface area contributed by atoms with Gasteiger partial charge in [0.1, 0.15) is 24.8 Å². The molecule has 0 bridgehead atoms. The van der Waals surface area contributed by atoms with Gasteiger partial charge in [-0.3, -0.25) is 14.5 Å². The van der Waals surface area contributed by atoms with Crippen LogP contribution < -0.4 is 0 Å². The maximum absolute atomic E-state index is 12.3. The van der Waals surface area contributed by atoms with Crippen molar-refractivity contribution in [3.05, 3.63) is 35.9 Å². The summed E-state index contributed by atoms with van der Waals surface area (Å²) in [5.74, 6) is -3.89. The van der Waals surface area contributed by atoms with Crippen LogP contribution >= 0.6 is 0 Å². The van der Waals surface area contributed by atoms with Gasteiger partial charge in [0, 0.05) is 0 Å². The van der Waals surface area contributed by atoms with Gasteiger partial charge in [-0.15, -0.1) is 0 Å². The van der Waals surface area contributed by atoms with E-state index in [-0.39, 0.29) is 6.61 Å². The van der Waals surface area contributed by atoms with Crippen LogP contribution in [0.1, 0.15) is 32.8 Å². The molecule has 0 spiro atoms.